The van der Waals surface area contributed by atoms with Gasteiger partial charge in [0, 0.05) is 36.8 Å². The maximum absolute atomic E-state index is 14.6. The Labute approximate surface area is 215 Å². The van der Waals surface area contributed by atoms with E-state index in [2.05, 4.69) is 39.8 Å². The third-order valence-corrected chi connectivity index (χ3v) is 7.77. The Morgan fingerprint density at radius 3 is 2.68 bits per heavy atom. The van der Waals surface area contributed by atoms with E-state index < -0.39 is 11.6 Å². The summed E-state index contributed by atoms with van der Waals surface area (Å²) in [5.74, 6) is -0.116. The van der Waals surface area contributed by atoms with E-state index in [0.29, 0.717) is 17.4 Å². The molecule has 0 aliphatic carbocycles. The van der Waals surface area contributed by atoms with Crippen LogP contribution in [-0.4, -0.2) is 59.3 Å². The molecule has 0 bridgehead atoms. The predicted octanol–water partition coefficient (Wildman–Crippen LogP) is 4.74. The number of halogens is 2. The number of likely N-dealkylation sites (N-methyl/N-ethyl adjacent to an activating group) is 1. The Morgan fingerprint density at radius 2 is 1.86 bits per heavy atom. The number of benzene rings is 2. The molecule has 0 saturated carbocycles. The van der Waals surface area contributed by atoms with Crippen LogP contribution in [0.25, 0.3) is 16.9 Å². The first-order chi connectivity index (χ1) is 17.9. The van der Waals surface area contributed by atoms with Crippen LogP contribution in [0.1, 0.15) is 30.9 Å². The summed E-state index contributed by atoms with van der Waals surface area (Å²) in [5, 5.41) is 4.92. The number of hydrogen-bond donors (Lipinski definition) is 1. The van der Waals surface area contributed by atoms with Crippen molar-refractivity contribution in [1.29, 1.82) is 0 Å². The zero-order chi connectivity index (χ0) is 25.7. The van der Waals surface area contributed by atoms with Gasteiger partial charge in [0.2, 0.25) is 0 Å². The van der Waals surface area contributed by atoms with Crippen LogP contribution in [0, 0.1) is 11.6 Å². The SMILES string of the molecule is CN(C)C1CCN(c2cc(-c3cnc4ccc(N5CCCC5c5cc(F)ccc5F)nn34)ccc2N)C1. The fraction of sp³-hybridized carbons (Fsp3) is 0.357. The molecule has 192 valence electrons. The summed E-state index contributed by atoms with van der Waals surface area (Å²) in [5.41, 5.74) is 11.1. The fourth-order valence-electron chi connectivity index (χ4n) is 5.71. The second kappa shape index (κ2) is 9.30. The van der Waals surface area contributed by atoms with Gasteiger partial charge in [0.1, 0.15) is 17.5 Å². The molecule has 4 aromatic rings. The monoisotopic (exact) mass is 503 g/mol. The number of hydrogen-bond acceptors (Lipinski definition) is 6. The van der Waals surface area contributed by atoms with Crippen molar-refractivity contribution in [2.24, 2.45) is 0 Å². The molecular weight excluding hydrogens is 472 g/mol. The van der Waals surface area contributed by atoms with Crippen molar-refractivity contribution in [3.63, 3.8) is 0 Å². The van der Waals surface area contributed by atoms with E-state index in [0.717, 1.165) is 73.2 Å². The Kier molecular flexibility index (Phi) is 5.95. The second-order valence-corrected chi connectivity index (χ2v) is 10.2. The third-order valence-electron chi connectivity index (χ3n) is 7.77. The first-order valence-electron chi connectivity index (χ1n) is 12.8. The van der Waals surface area contributed by atoms with Crippen LogP contribution in [-0.2, 0) is 0 Å². The fourth-order valence-corrected chi connectivity index (χ4v) is 5.71. The first kappa shape index (κ1) is 23.7. The third kappa shape index (κ3) is 4.27. The molecule has 2 saturated heterocycles. The van der Waals surface area contributed by atoms with Crippen molar-refractivity contribution in [2.75, 3.05) is 49.3 Å². The van der Waals surface area contributed by atoms with E-state index in [1.807, 2.05) is 35.0 Å². The maximum Gasteiger partial charge on any atom is 0.154 e. The summed E-state index contributed by atoms with van der Waals surface area (Å²) in [6, 6.07) is 13.8. The standard InChI is InChI=1S/C28H31F2N7/c1-34(2)20-11-13-35(17-20)25-14-18(5-8-23(25)31)26-16-32-27-9-10-28(33-37(26)27)36-12-3-4-24(36)21-15-19(29)6-7-22(21)30/h5-10,14-16,20,24H,3-4,11-13,17,31H2,1-2H3. The van der Waals surface area contributed by atoms with Gasteiger partial charge < -0.3 is 20.4 Å². The number of nitrogens with zero attached hydrogens (tertiary/aromatic N) is 6. The molecule has 2 aliphatic rings. The van der Waals surface area contributed by atoms with Crippen LogP contribution in [0.2, 0.25) is 0 Å². The molecule has 2 aliphatic heterocycles. The van der Waals surface area contributed by atoms with Gasteiger partial charge in [0.25, 0.3) is 0 Å². The van der Waals surface area contributed by atoms with Gasteiger partial charge in [-0.25, -0.2) is 18.3 Å². The Hall–Kier alpha value is -3.72. The number of nitrogens with two attached hydrogens (primary N) is 1. The van der Waals surface area contributed by atoms with E-state index in [1.165, 1.54) is 12.1 Å². The average molecular weight is 504 g/mol. The molecular formula is C28H31F2N7. The molecule has 37 heavy (non-hydrogen) atoms. The van der Waals surface area contributed by atoms with Crippen LogP contribution in [0.3, 0.4) is 0 Å². The van der Waals surface area contributed by atoms with Gasteiger partial charge >= 0.3 is 0 Å². The lowest BCUT2D eigenvalue weighted by Gasteiger charge is -2.26. The molecule has 2 fully saturated rings. The van der Waals surface area contributed by atoms with Crippen LogP contribution in [0.5, 0.6) is 0 Å². The molecule has 2 N–H and O–H groups in total. The summed E-state index contributed by atoms with van der Waals surface area (Å²) in [6.45, 7) is 2.61. The number of nitrogen functional groups attached to an aromatic ring is 1. The van der Waals surface area contributed by atoms with Crippen LogP contribution >= 0.6 is 0 Å². The van der Waals surface area contributed by atoms with E-state index in [4.69, 9.17) is 10.8 Å². The summed E-state index contributed by atoms with van der Waals surface area (Å²) < 4.78 is 30.4. The number of anilines is 3. The molecule has 2 atom stereocenters. The minimum atomic E-state index is -0.433. The van der Waals surface area contributed by atoms with Crippen molar-refractivity contribution in [1.82, 2.24) is 19.5 Å². The average Bonchev–Trinajstić information content (AvgIpc) is 3.65. The number of rotatable bonds is 5. The van der Waals surface area contributed by atoms with Gasteiger partial charge in [-0.1, -0.05) is 6.07 Å². The lowest BCUT2D eigenvalue weighted by atomic mass is 10.0. The van der Waals surface area contributed by atoms with E-state index in [1.54, 1.807) is 0 Å². The molecule has 0 spiro atoms. The second-order valence-electron chi connectivity index (χ2n) is 10.2. The molecule has 7 nitrogen and oxygen atoms in total. The smallest absolute Gasteiger partial charge is 0.154 e. The number of aromatic nitrogens is 3. The maximum atomic E-state index is 14.6. The van der Waals surface area contributed by atoms with Gasteiger partial charge in [-0.15, -0.1) is 5.10 Å². The Bertz CT molecular complexity index is 1450. The highest BCUT2D eigenvalue weighted by atomic mass is 19.1. The molecule has 2 unspecified atom stereocenters. The van der Waals surface area contributed by atoms with Crippen molar-refractivity contribution < 1.29 is 8.78 Å². The molecule has 0 amide bonds. The number of imidazole rings is 1. The lowest BCUT2D eigenvalue weighted by molar-refractivity contribution is 0.315. The highest BCUT2D eigenvalue weighted by Gasteiger charge is 2.30. The van der Waals surface area contributed by atoms with Crippen molar-refractivity contribution in [2.45, 2.75) is 31.3 Å². The summed E-state index contributed by atoms with van der Waals surface area (Å²) in [7, 11) is 4.23. The lowest BCUT2D eigenvalue weighted by Crippen LogP contribution is -2.31. The van der Waals surface area contributed by atoms with Crippen molar-refractivity contribution in [3.8, 4) is 11.3 Å². The topological polar surface area (TPSA) is 65.9 Å². The van der Waals surface area contributed by atoms with Gasteiger partial charge in [0.15, 0.2) is 5.65 Å². The summed E-state index contributed by atoms with van der Waals surface area (Å²) in [6.07, 6.45) is 4.53. The molecule has 2 aromatic carbocycles. The van der Waals surface area contributed by atoms with Crippen molar-refractivity contribution in [3.05, 3.63) is 71.9 Å². The summed E-state index contributed by atoms with van der Waals surface area (Å²) in [4.78, 5) is 11.2. The van der Waals surface area contributed by atoms with Crippen LogP contribution in [0.4, 0.5) is 26.0 Å². The Balaban J connectivity index is 1.35. The molecule has 2 aromatic heterocycles. The molecule has 4 heterocycles. The first-order valence-corrected chi connectivity index (χ1v) is 12.8. The minimum Gasteiger partial charge on any atom is -0.397 e. The van der Waals surface area contributed by atoms with Gasteiger partial charge in [0.05, 0.1) is 29.3 Å². The van der Waals surface area contributed by atoms with E-state index in [-0.39, 0.29) is 6.04 Å². The molecule has 0 radical (unpaired) electrons. The van der Waals surface area contributed by atoms with E-state index in [9.17, 15) is 8.78 Å². The van der Waals surface area contributed by atoms with Gasteiger partial charge in [-0.3, -0.25) is 0 Å². The molecule has 9 heteroatoms. The minimum absolute atomic E-state index is 0.268. The zero-order valence-corrected chi connectivity index (χ0v) is 21.1. The Morgan fingerprint density at radius 1 is 1.00 bits per heavy atom. The predicted molar refractivity (Wildman–Crippen MR) is 143 cm³/mol. The normalized spacial score (nSPS) is 20.0. The van der Waals surface area contributed by atoms with Crippen LogP contribution in [0.15, 0.2) is 54.7 Å². The quantitative estimate of drug-likeness (QED) is 0.397. The number of fused-ring (bicyclic) bond motifs is 1. The van der Waals surface area contributed by atoms with Gasteiger partial charge in [-0.2, -0.15) is 0 Å². The zero-order valence-electron chi connectivity index (χ0n) is 21.1. The largest absolute Gasteiger partial charge is 0.397 e. The van der Waals surface area contributed by atoms with Crippen LogP contribution < -0.4 is 15.5 Å². The highest BCUT2D eigenvalue weighted by Crippen LogP contribution is 2.37. The van der Waals surface area contributed by atoms with Crippen molar-refractivity contribution >= 4 is 22.8 Å². The van der Waals surface area contributed by atoms with Gasteiger partial charge in [-0.05, 0) is 75.8 Å². The highest BCUT2D eigenvalue weighted by molar-refractivity contribution is 5.77. The molecule has 6 rings (SSSR count). The summed E-state index contributed by atoms with van der Waals surface area (Å²) >= 11 is 0. The van der Waals surface area contributed by atoms with E-state index >= 15 is 0 Å².